The minimum Gasteiger partial charge on any atom is -0.314 e. The Morgan fingerprint density at radius 1 is 1.50 bits per heavy atom. The van der Waals surface area contributed by atoms with Crippen molar-refractivity contribution in [2.45, 2.75) is 26.3 Å². The lowest BCUT2D eigenvalue weighted by atomic mass is 10.1. The molecule has 88 valence electrons. The minimum absolute atomic E-state index is 0.118. The smallest absolute Gasteiger partial charge is 0.270 e. The predicted octanol–water partition coefficient (Wildman–Crippen LogP) is 2.90. The van der Waals surface area contributed by atoms with Crippen LogP contribution in [0.2, 0.25) is 0 Å². The molecule has 0 fully saturated rings. The van der Waals surface area contributed by atoms with Crippen molar-refractivity contribution in [3.63, 3.8) is 0 Å². The Morgan fingerprint density at radius 2 is 2.19 bits per heavy atom. The third-order valence-electron chi connectivity index (χ3n) is 2.19. The Bertz CT molecular complexity index is 380. The van der Waals surface area contributed by atoms with Crippen LogP contribution in [0.3, 0.4) is 0 Å². The monoisotopic (exact) mass is 286 g/mol. The molecule has 0 saturated carbocycles. The first kappa shape index (κ1) is 13.1. The first-order valence-electron chi connectivity index (χ1n) is 5.17. The molecule has 5 heteroatoms. The minimum atomic E-state index is -0.388. The predicted molar refractivity (Wildman–Crippen MR) is 67.6 cm³/mol. The molecule has 4 nitrogen and oxygen atoms in total. The summed E-state index contributed by atoms with van der Waals surface area (Å²) in [4.78, 5) is 10.2. The number of benzene rings is 1. The van der Waals surface area contributed by atoms with Gasteiger partial charge in [0.2, 0.25) is 0 Å². The van der Waals surface area contributed by atoms with Gasteiger partial charge in [0.15, 0.2) is 0 Å². The molecule has 0 atom stereocenters. The standard InChI is InChI=1S/C11H15BrN2O2/c1-8(2)13-6-5-9-3-4-10(14(15)16)7-11(9)12/h3-4,7-8,13H,5-6H2,1-2H3. The van der Waals surface area contributed by atoms with Crippen LogP contribution in [0.25, 0.3) is 0 Å². The molecule has 1 aromatic carbocycles. The summed E-state index contributed by atoms with van der Waals surface area (Å²) in [6.45, 7) is 5.05. The van der Waals surface area contributed by atoms with Crippen molar-refractivity contribution in [3.05, 3.63) is 38.3 Å². The van der Waals surface area contributed by atoms with E-state index >= 15 is 0 Å². The van der Waals surface area contributed by atoms with Crippen LogP contribution in [0.4, 0.5) is 5.69 Å². The third-order valence-corrected chi connectivity index (χ3v) is 2.93. The van der Waals surface area contributed by atoms with Gasteiger partial charge in [-0.3, -0.25) is 10.1 Å². The fourth-order valence-corrected chi connectivity index (χ4v) is 1.91. The average molecular weight is 287 g/mol. The van der Waals surface area contributed by atoms with Gasteiger partial charge in [-0.1, -0.05) is 35.8 Å². The molecule has 0 aliphatic carbocycles. The first-order chi connectivity index (χ1) is 7.50. The third kappa shape index (κ3) is 3.90. The second-order valence-electron chi connectivity index (χ2n) is 3.89. The molecular formula is C11H15BrN2O2. The molecule has 1 aromatic rings. The number of hydrogen-bond acceptors (Lipinski definition) is 3. The van der Waals surface area contributed by atoms with Gasteiger partial charge in [0.25, 0.3) is 5.69 Å². The van der Waals surface area contributed by atoms with Crippen molar-refractivity contribution >= 4 is 21.6 Å². The van der Waals surface area contributed by atoms with E-state index in [2.05, 4.69) is 35.1 Å². The van der Waals surface area contributed by atoms with Crippen LogP contribution < -0.4 is 5.32 Å². The van der Waals surface area contributed by atoms with E-state index in [4.69, 9.17) is 0 Å². The lowest BCUT2D eigenvalue weighted by molar-refractivity contribution is -0.384. The molecule has 16 heavy (non-hydrogen) atoms. The van der Waals surface area contributed by atoms with Gasteiger partial charge in [0.05, 0.1) is 4.92 Å². The highest BCUT2D eigenvalue weighted by Gasteiger charge is 2.08. The zero-order valence-electron chi connectivity index (χ0n) is 9.37. The lowest BCUT2D eigenvalue weighted by Gasteiger charge is -2.08. The van der Waals surface area contributed by atoms with Gasteiger partial charge >= 0.3 is 0 Å². The van der Waals surface area contributed by atoms with Gasteiger partial charge in [-0.25, -0.2) is 0 Å². The van der Waals surface area contributed by atoms with Crippen LogP contribution in [-0.4, -0.2) is 17.5 Å². The molecule has 0 unspecified atom stereocenters. The topological polar surface area (TPSA) is 55.2 Å². The molecule has 0 aromatic heterocycles. The molecular weight excluding hydrogens is 272 g/mol. The maximum atomic E-state index is 10.5. The maximum Gasteiger partial charge on any atom is 0.270 e. The van der Waals surface area contributed by atoms with Crippen LogP contribution in [0, 0.1) is 10.1 Å². The normalized spacial score (nSPS) is 10.8. The summed E-state index contributed by atoms with van der Waals surface area (Å²) in [6.07, 6.45) is 0.858. The van der Waals surface area contributed by atoms with Crippen LogP contribution in [-0.2, 0) is 6.42 Å². The molecule has 0 bridgehead atoms. The SMILES string of the molecule is CC(C)NCCc1ccc([N+](=O)[O-])cc1Br. The number of non-ortho nitro benzene ring substituents is 1. The van der Waals surface area contributed by atoms with Crippen molar-refractivity contribution < 1.29 is 4.92 Å². The van der Waals surface area contributed by atoms with Gasteiger partial charge in [-0.2, -0.15) is 0 Å². The number of nitrogens with zero attached hydrogens (tertiary/aromatic N) is 1. The summed E-state index contributed by atoms with van der Waals surface area (Å²) in [5.74, 6) is 0. The van der Waals surface area contributed by atoms with E-state index in [9.17, 15) is 10.1 Å². The summed E-state index contributed by atoms with van der Waals surface area (Å²) in [6, 6.07) is 5.33. The van der Waals surface area contributed by atoms with Crippen molar-refractivity contribution in [2.24, 2.45) is 0 Å². The van der Waals surface area contributed by atoms with E-state index < -0.39 is 0 Å². The molecule has 0 aliphatic heterocycles. The zero-order valence-corrected chi connectivity index (χ0v) is 11.0. The first-order valence-corrected chi connectivity index (χ1v) is 5.96. The van der Waals surface area contributed by atoms with Crippen molar-refractivity contribution in [2.75, 3.05) is 6.54 Å². The highest BCUT2D eigenvalue weighted by molar-refractivity contribution is 9.10. The van der Waals surface area contributed by atoms with Gasteiger partial charge in [-0.15, -0.1) is 0 Å². The fraction of sp³-hybridized carbons (Fsp3) is 0.455. The van der Waals surface area contributed by atoms with E-state index in [1.54, 1.807) is 12.1 Å². The number of nitro benzene ring substituents is 1. The zero-order chi connectivity index (χ0) is 12.1. The van der Waals surface area contributed by atoms with Crippen LogP contribution in [0.1, 0.15) is 19.4 Å². The van der Waals surface area contributed by atoms with Gasteiger partial charge in [0, 0.05) is 22.6 Å². The number of rotatable bonds is 5. The highest BCUT2D eigenvalue weighted by atomic mass is 79.9. The van der Waals surface area contributed by atoms with E-state index in [0.717, 1.165) is 23.0 Å². The number of nitrogens with one attached hydrogen (secondary N) is 1. The molecule has 0 heterocycles. The summed E-state index contributed by atoms with van der Waals surface area (Å²) in [5.41, 5.74) is 1.20. The fourth-order valence-electron chi connectivity index (χ4n) is 1.35. The lowest BCUT2D eigenvalue weighted by Crippen LogP contribution is -2.25. The summed E-state index contributed by atoms with van der Waals surface area (Å²) in [7, 11) is 0. The Kier molecular flexibility index (Phi) is 4.89. The molecule has 0 amide bonds. The quantitative estimate of drug-likeness (QED) is 0.669. The maximum absolute atomic E-state index is 10.5. The number of hydrogen-bond donors (Lipinski definition) is 1. The average Bonchev–Trinajstić information content (AvgIpc) is 2.19. The molecule has 0 radical (unpaired) electrons. The Morgan fingerprint density at radius 3 is 2.69 bits per heavy atom. The van der Waals surface area contributed by atoms with E-state index in [-0.39, 0.29) is 10.6 Å². The van der Waals surface area contributed by atoms with E-state index in [0.29, 0.717) is 6.04 Å². The van der Waals surface area contributed by atoms with Crippen LogP contribution in [0.5, 0.6) is 0 Å². The second-order valence-corrected chi connectivity index (χ2v) is 4.75. The summed E-state index contributed by atoms with van der Waals surface area (Å²) < 4.78 is 0.798. The molecule has 0 aliphatic rings. The molecule has 1 rings (SSSR count). The number of nitro groups is 1. The van der Waals surface area contributed by atoms with E-state index in [1.165, 1.54) is 6.07 Å². The molecule has 0 spiro atoms. The van der Waals surface area contributed by atoms with Crippen LogP contribution >= 0.6 is 15.9 Å². The molecule has 0 saturated heterocycles. The Hall–Kier alpha value is -0.940. The van der Waals surface area contributed by atoms with Crippen molar-refractivity contribution in [1.82, 2.24) is 5.32 Å². The van der Waals surface area contributed by atoms with Gasteiger partial charge in [-0.05, 0) is 18.5 Å². The van der Waals surface area contributed by atoms with Crippen molar-refractivity contribution in [1.29, 1.82) is 0 Å². The van der Waals surface area contributed by atoms with Crippen LogP contribution in [0.15, 0.2) is 22.7 Å². The largest absolute Gasteiger partial charge is 0.314 e. The summed E-state index contributed by atoms with van der Waals surface area (Å²) in [5, 5.41) is 13.8. The van der Waals surface area contributed by atoms with Gasteiger partial charge < -0.3 is 5.32 Å². The second kappa shape index (κ2) is 5.96. The van der Waals surface area contributed by atoms with Crippen molar-refractivity contribution in [3.8, 4) is 0 Å². The highest BCUT2D eigenvalue weighted by Crippen LogP contribution is 2.23. The molecule has 1 N–H and O–H groups in total. The number of halogens is 1. The Balaban J connectivity index is 2.64. The Labute approximate surface area is 103 Å². The van der Waals surface area contributed by atoms with E-state index in [1.807, 2.05) is 0 Å². The van der Waals surface area contributed by atoms with Gasteiger partial charge in [0.1, 0.15) is 0 Å². The summed E-state index contributed by atoms with van der Waals surface area (Å²) >= 11 is 3.35.